The van der Waals surface area contributed by atoms with E-state index in [2.05, 4.69) is 5.32 Å². The average Bonchev–Trinajstić information content (AvgIpc) is 2.82. The molecule has 2 rings (SSSR count). The fourth-order valence-electron chi connectivity index (χ4n) is 1.30. The zero-order valence-corrected chi connectivity index (χ0v) is 8.23. The van der Waals surface area contributed by atoms with E-state index in [-0.39, 0.29) is 12.1 Å². The second kappa shape index (κ2) is 3.29. The Bertz CT molecular complexity index is 294. The van der Waals surface area contributed by atoms with Gasteiger partial charge in [0.1, 0.15) is 0 Å². The number of nitrogens with two attached hydrogens (primary N) is 1. The number of aliphatic hydroxyl groups excluding tert-OH is 1. The Hall–Kier alpha value is -0.580. The molecule has 1 aliphatic carbocycles. The summed E-state index contributed by atoms with van der Waals surface area (Å²) in [5.74, 6) is 0. The Labute approximate surface area is 81.6 Å². The number of thiophene rings is 1. The molecule has 0 aromatic carbocycles. The molecule has 1 aromatic heterocycles. The molecule has 4 N–H and O–H groups in total. The van der Waals surface area contributed by atoms with Gasteiger partial charge < -0.3 is 16.2 Å². The number of aliphatic hydroxyl groups is 1. The van der Waals surface area contributed by atoms with Gasteiger partial charge in [0.2, 0.25) is 0 Å². The fraction of sp³-hybridized carbons (Fsp3) is 0.556. The van der Waals surface area contributed by atoms with E-state index < -0.39 is 0 Å². The largest absolute Gasteiger partial charge is 0.398 e. The quantitative estimate of drug-likeness (QED) is 0.675. The smallest absolute Gasteiger partial charge is 0.0613 e. The molecular formula is C9H14N2OS. The standard InChI is InChI=1S/C9H14N2OS/c10-7-1-4-13-8(7)5-11-9(6-12)2-3-9/h1,4,11-12H,2-3,5-6,10H2. The first kappa shape index (κ1) is 8.99. The van der Waals surface area contributed by atoms with Crippen LogP contribution in [0.4, 0.5) is 5.69 Å². The van der Waals surface area contributed by atoms with Gasteiger partial charge in [0.25, 0.3) is 0 Å². The van der Waals surface area contributed by atoms with Crippen molar-refractivity contribution in [1.29, 1.82) is 0 Å². The molecular weight excluding hydrogens is 184 g/mol. The summed E-state index contributed by atoms with van der Waals surface area (Å²) in [4.78, 5) is 1.17. The number of nitrogen functional groups attached to an aromatic ring is 1. The summed E-state index contributed by atoms with van der Waals surface area (Å²) in [6, 6.07) is 1.92. The first-order valence-corrected chi connectivity index (χ1v) is 5.31. The Kier molecular flexibility index (Phi) is 2.27. The van der Waals surface area contributed by atoms with Crippen LogP contribution in [0.25, 0.3) is 0 Å². The number of nitrogens with one attached hydrogen (secondary N) is 1. The summed E-state index contributed by atoms with van der Waals surface area (Å²) in [5, 5.41) is 14.4. The molecule has 0 aliphatic heterocycles. The molecule has 0 saturated heterocycles. The highest BCUT2D eigenvalue weighted by atomic mass is 32.1. The van der Waals surface area contributed by atoms with Crippen LogP contribution in [0, 0.1) is 0 Å². The first-order chi connectivity index (χ1) is 6.26. The van der Waals surface area contributed by atoms with Crippen molar-refractivity contribution in [2.45, 2.75) is 24.9 Å². The van der Waals surface area contributed by atoms with E-state index in [4.69, 9.17) is 10.8 Å². The highest BCUT2D eigenvalue weighted by Gasteiger charge is 2.41. The molecule has 72 valence electrons. The van der Waals surface area contributed by atoms with E-state index in [9.17, 15) is 0 Å². The third kappa shape index (κ3) is 1.85. The highest BCUT2D eigenvalue weighted by Crippen LogP contribution is 2.35. The summed E-state index contributed by atoms with van der Waals surface area (Å²) < 4.78 is 0. The van der Waals surface area contributed by atoms with Gasteiger partial charge in [-0.25, -0.2) is 0 Å². The fourth-order valence-corrected chi connectivity index (χ4v) is 2.04. The van der Waals surface area contributed by atoms with Crippen molar-refractivity contribution in [2.75, 3.05) is 12.3 Å². The third-order valence-corrected chi connectivity index (χ3v) is 3.50. The van der Waals surface area contributed by atoms with Gasteiger partial charge >= 0.3 is 0 Å². The van der Waals surface area contributed by atoms with E-state index in [1.54, 1.807) is 11.3 Å². The maximum atomic E-state index is 9.06. The van der Waals surface area contributed by atoms with Crippen molar-refractivity contribution in [3.63, 3.8) is 0 Å². The molecule has 1 aromatic rings. The first-order valence-electron chi connectivity index (χ1n) is 4.43. The number of hydrogen-bond acceptors (Lipinski definition) is 4. The maximum absolute atomic E-state index is 9.06. The van der Waals surface area contributed by atoms with Crippen LogP contribution in [0.15, 0.2) is 11.4 Å². The summed E-state index contributed by atoms with van der Waals surface area (Å²) >= 11 is 1.66. The van der Waals surface area contributed by atoms with Gasteiger partial charge in [-0.1, -0.05) is 0 Å². The molecule has 0 atom stereocenters. The second-order valence-corrected chi connectivity index (χ2v) is 4.59. The minimum Gasteiger partial charge on any atom is -0.398 e. The van der Waals surface area contributed by atoms with Crippen LogP contribution in [0.1, 0.15) is 17.7 Å². The number of hydrogen-bond donors (Lipinski definition) is 3. The maximum Gasteiger partial charge on any atom is 0.0613 e. The van der Waals surface area contributed by atoms with E-state index in [1.165, 1.54) is 4.88 Å². The molecule has 1 aliphatic rings. The van der Waals surface area contributed by atoms with E-state index in [1.807, 2.05) is 11.4 Å². The van der Waals surface area contributed by atoms with E-state index in [0.717, 1.165) is 25.1 Å². The van der Waals surface area contributed by atoms with Crippen LogP contribution in [-0.4, -0.2) is 17.3 Å². The van der Waals surface area contributed by atoms with Gasteiger partial charge in [-0.05, 0) is 24.3 Å². The second-order valence-electron chi connectivity index (χ2n) is 3.59. The predicted octanol–water partition coefficient (Wildman–Crippen LogP) is 0.945. The lowest BCUT2D eigenvalue weighted by atomic mass is 10.3. The zero-order valence-electron chi connectivity index (χ0n) is 7.42. The molecule has 0 amide bonds. The molecule has 0 unspecified atom stereocenters. The summed E-state index contributed by atoms with van der Waals surface area (Å²) in [6.07, 6.45) is 2.16. The van der Waals surface area contributed by atoms with Crippen molar-refractivity contribution in [1.82, 2.24) is 5.32 Å². The van der Waals surface area contributed by atoms with Gasteiger partial charge in [-0.2, -0.15) is 0 Å². The van der Waals surface area contributed by atoms with Crippen molar-refractivity contribution < 1.29 is 5.11 Å². The molecule has 0 spiro atoms. The zero-order chi connectivity index (χ0) is 9.31. The highest BCUT2D eigenvalue weighted by molar-refractivity contribution is 7.10. The van der Waals surface area contributed by atoms with Crippen molar-refractivity contribution >= 4 is 17.0 Å². The minimum absolute atomic E-state index is 0.0103. The lowest BCUT2D eigenvalue weighted by Gasteiger charge is -2.13. The normalized spacial score (nSPS) is 18.8. The van der Waals surface area contributed by atoms with Crippen molar-refractivity contribution in [3.05, 3.63) is 16.3 Å². The molecule has 3 nitrogen and oxygen atoms in total. The van der Waals surface area contributed by atoms with Gasteiger partial charge in [0, 0.05) is 22.6 Å². The van der Waals surface area contributed by atoms with Gasteiger partial charge in [-0.15, -0.1) is 11.3 Å². The van der Waals surface area contributed by atoms with E-state index >= 15 is 0 Å². The van der Waals surface area contributed by atoms with Crippen molar-refractivity contribution in [2.24, 2.45) is 0 Å². The van der Waals surface area contributed by atoms with Crippen LogP contribution in [0.2, 0.25) is 0 Å². The Morgan fingerprint density at radius 2 is 2.38 bits per heavy atom. The Balaban J connectivity index is 1.90. The lowest BCUT2D eigenvalue weighted by Crippen LogP contribution is -2.34. The SMILES string of the molecule is Nc1ccsc1CNC1(CO)CC1. The number of anilines is 1. The number of rotatable bonds is 4. The van der Waals surface area contributed by atoms with Crippen LogP contribution in [-0.2, 0) is 6.54 Å². The van der Waals surface area contributed by atoms with Gasteiger partial charge in [0.15, 0.2) is 0 Å². The topological polar surface area (TPSA) is 58.3 Å². The minimum atomic E-state index is 0.0103. The van der Waals surface area contributed by atoms with Gasteiger partial charge in [0.05, 0.1) is 6.61 Å². The molecule has 1 fully saturated rings. The van der Waals surface area contributed by atoms with Crippen LogP contribution < -0.4 is 11.1 Å². The molecule has 1 saturated carbocycles. The Morgan fingerprint density at radius 1 is 1.62 bits per heavy atom. The van der Waals surface area contributed by atoms with Crippen LogP contribution in [0.5, 0.6) is 0 Å². The summed E-state index contributed by atoms with van der Waals surface area (Å²) in [7, 11) is 0. The molecule has 1 heterocycles. The van der Waals surface area contributed by atoms with Gasteiger partial charge in [-0.3, -0.25) is 0 Å². The Morgan fingerprint density at radius 3 is 2.85 bits per heavy atom. The molecule has 13 heavy (non-hydrogen) atoms. The van der Waals surface area contributed by atoms with Crippen molar-refractivity contribution in [3.8, 4) is 0 Å². The lowest BCUT2D eigenvalue weighted by molar-refractivity contribution is 0.230. The van der Waals surface area contributed by atoms with Crippen LogP contribution >= 0.6 is 11.3 Å². The summed E-state index contributed by atoms with van der Waals surface area (Å²) in [5.41, 5.74) is 6.60. The summed E-state index contributed by atoms with van der Waals surface area (Å²) in [6.45, 7) is 1.02. The average molecular weight is 198 g/mol. The van der Waals surface area contributed by atoms with Crippen LogP contribution in [0.3, 0.4) is 0 Å². The molecule has 0 radical (unpaired) electrons. The predicted molar refractivity (Wildman–Crippen MR) is 54.6 cm³/mol. The molecule has 4 heteroatoms. The monoisotopic (exact) mass is 198 g/mol. The third-order valence-electron chi connectivity index (χ3n) is 2.56. The van der Waals surface area contributed by atoms with E-state index in [0.29, 0.717) is 0 Å². The molecule has 0 bridgehead atoms.